The van der Waals surface area contributed by atoms with E-state index in [4.69, 9.17) is 0 Å². The zero-order chi connectivity index (χ0) is 9.68. The van der Waals surface area contributed by atoms with Gasteiger partial charge in [-0.1, -0.05) is 50.8 Å². The van der Waals surface area contributed by atoms with E-state index < -0.39 is 0 Å². The van der Waals surface area contributed by atoms with Crippen molar-refractivity contribution in [1.82, 2.24) is 0 Å². The predicted molar refractivity (Wildman–Crippen MR) is 59.6 cm³/mol. The molecule has 0 aromatic carbocycles. The maximum atomic E-state index is 3.69. The summed E-state index contributed by atoms with van der Waals surface area (Å²) in [7, 11) is 0. The summed E-state index contributed by atoms with van der Waals surface area (Å²) < 4.78 is 0. The van der Waals surface area contributed by atoms with E-state index in [1.807, 2.05) is 12.2 Å². The first-order valence-electron chi connectivity index (χ1n) is 4.98. The molecule has 0 aliphatic heterocycles. The highest BCUT2D eigenvalue weighted by Crippen LogP contribution is 2.27. The molecule has 1 rings (SSSR count). The maximum absolute atomic E-state index is 3.69. The SMILES string of the molecule is C=C/C=C\C1=C(CC)C=CCC1C. The molecule has 0 radical (unpaired) electrons. The third kappa shape index (κ3) is 2.45. The molecule has 0 aromatic heterocycles. The van der Waals surface area contributed by atoms with Crippen LogP contribution in [0.4, 0.5) is 0 Å². The molecule has 13 heavy (non-hydrogen) atoms. The monoisotopic (exact) mass is 174 g/mol. The van der Waals surface area contributed by atoms with E-state index in [2.05, 4.69) is 38.7 Å². The Labute approximate surface area is 81.4 Å². The Balaban J connectivity index is 2.94. The summed E-state index contributed by atoms with van der Waals surface area (Å²) in [6.45, 7) is 8.18. The first-order valence-corrected chi connectivity index (χ1v) is 4.98. The third-order valence-electron chi connectivity index (χ3n) is 2.50. The third-order valence-corrected chi connectivity index (χ3v) is 2.50. The van der Waals surface area contributed by atoms with Crippen LogP contribution in [0, 0.1) is 5.92 Å². The van der Waals surface area contributed by atoms with Gasteiger partial charge in [0.2, 0.25) is 0 Å². The van der Waals surface area contributed by atoms with Gasteiger partial charge in [0.1, 0.15) is 0 Å². The molecular formula is C13H18. The summed E-state index contributed by atoms with van der Waals surface area (Å²) in [5.74, 6) is 0.663. The van der Waals surface area contributed by atoms with E-state index in [9.17, 15) is 0 Å². The molecule has 0 N–H and O–H groups in total. The second-order valence-electron chi connectivity index (χ2n) is 3.47. The molecule has 1 aliphatic rings. The molecule has 0 nitrogen and oxygen atoms in total. The van der Waals surface area contributed by atoms with E-state index in [-0.39, 0.29) is 0 Å². The molecule has 1 aliphatic carbocycles. The molecule has 0 heterocycles. The Morgan fingerprint density at radius 1 is 1.62 bits per heavy atom. The van der Waals surface area contributed by atoms with Crippen LogP contribution in [-0.4, -0.2) is 0 Å². The van der Waals surface area contributed by atoms with Crippen molar-refractivity contribution >= 4 is 0 Å². The maximum Gasteiger partial charge on any atom is -0.0153 e. The summed E-state index contributed by atoms with van der Waals surface area (Å²) in [4.78, 5) is 0. The van der Waals surface area contributed by atoms with Crippen LogP contribution in [0.25, 0.3) is 0 Å². The molecule has 0 spiro atoms. The Bertz CT molecular complexity index is 264. The summed E-state index contributed by atoms with van der Waals surface area (Å²) >= 11 is 0. The zero-order valence-corrected chi connectivity index (χ0v) is 8.59. The van der Waals surface area contributed by atoms with Crippen LogP contribution < -0.4 is 0 Å². The molecule has 0 fully saturated rings. The average molecular weight is 174 g/mol. The minimum atomic E-state index is 0.663. The molecule has 0 amide bonds. The van der Waals surface area contributed by atoms with Crippen LogP contribution in [0.2, 0.25) is 0 Å². The molecule has 1 atom stereocenters. The fourth-order valence-corrected chi connectivity index (χ4v) is 1.72. The standard InChI is InChI=1S/C13H18/c1-4-6-10-13-11(3)8-7-9-12(13)5-2/h4,6-7,9-11H,1,5,8H2,2-3H3/b10-6-. The van der Waals surface area contributed by atoms with Crippen molar-refractivity contribution in [2.75, 3.05) is 0 Å². The Kier molecular flexibility index (Phi) is 3.75. The van der Waals surface area contributed by atoms with E-state index in [0.717, 1.165) is 6.42 Å². The number of allylic oxidation sites excluding steroid dienone is 7. The Morgan fingerprint density at radius 2 is 2.38 bits per heavy atom. The van der Waals surface area contributed by atoms with Crippen molar-refractivity contribution in [2.45, 2.75) is 26.7 Å². The van der Waals surface area contributed by atoms with E-state index in [1.165, 1.54) is 17.6 Å². The van der Waals surface area contributed by atoms with Gasteiger partial charge in [-0.3, -0.25) is 0 Å². The zero-order valence-electron chi connectivity index (χ0n) is 8.59. The van der Waals surface area contributed by atoms with Gasteiger partial charge in [0.15, 0.2) is 0 Å². The van der Waals surface area contributed by atoms with Crippen molar-refractivity contribution < 1.29 is 0 Å². The molecule has 0 bridgehead atoms. The second-order valence-corrected chi connectivity index (χ2v) is 3.47. The van der Waals surface area contributed by atoms with Gasteiger partial charge in [-0.05, 0) is 29.9 Å². The van der Waals surface area contributed by atoms with Gasteiger partial charge in [-0.15, -0.1) is 0 Å². The largest absolute Gasteiger partial charge is 0.0991 e. The summed E-state index contributed by atoms with van der Waals surface area (Å²) in [6, 6.07) is 0. The lowest BCUT2D eigenvalue weighted by molar-refractivity contribution is 0.690. The summed E-state index contributed by atoms with van der Waals surface area (Å²) in [5, 5.41) is 0. The fourth-order valence-electron chi connectivity index (χ4n) is 1.72. The summed E-state index contributed by atoms with van der Waals surface area (Å²) in [6.07, 6.45) is 12.9. The lowest BCUT2D eigenvalue weighted by Crippen LogP contribution is -2.03. The van der Waals surface area contributed by atoms with E-state index >= 15 is 0 Å². The average Bonchev–Trinajstić information content (AvgIpc) is 2.15. The topological polar surface area (TPSA) is 0 Å². The molecule has 0 saturated heterocycles. The quantitative estimate of drug-likeness (QED) is 0.567. The van der Waals surface area contributed by atoms with Gasteiger partial charge >= 0.3 is 0 Å². The minimum absolute atomic E-state index is 0.663. The van der Waals surface area contributed by atoms with Crippen molar-refractivity contribution in [3.8, 4) is 0 Å². The predicted octanol–water partition coefficient (Wildman–Crippen LogP) is 4.03. The number of hydrogen-bond donors (Lipinski definition) is 0. The molecule has 0 heteroatoms. The van der Waals surface area contributed by atoms with Crippen LogP contribution in [-0.2, 0) is 0 Å². The van der Waals surface area contributed by atoms with Gasteiger partial charge in [0.05, 0.1) is 0 Å². The van der Waals surface area contributed by atoms with Crippen molar-refractivity contribution in [3.63, 3.8) is 0 Å². The normalized spacial score (nSPS) is 22.8. The van der Waals surface area contributed by atoms with Gasteiger partial charge in [0, 0.05) is 0 Å². The molecular weight excluding hydrogens is 156 g/mol. The highest BCUT2D eigenvalue weighted by atomic mass is 14.2. The van der Waals surface area contributed by atoms with Crippen molar-refractivity contribution in [2.24, 2.45) is 5.92 Å². The Morgan fingerprint density at radius 3 is 3.00 bits per heavy atom. The highest BCUT2D eigenvalue weighted by Gasteiger charge is 2.11. The molecule has 1 unspecified atom stereocenters. The van der Waals surface area contributed by atoms with Gasteiger partial charge in [-0.2, -0.15) is 0 Å². The second kappa shape index (κ2) is 4.86. The molecule has 0 saturated carbocycles. The number of rotatable bonds is 3. The number of hydrogen-bond acceptors (Lipinski definition) is 0. The highest BCUT2D eigenvalue weighted by molar-refractivity contribution is 5.38. The van der Waals surface area contributed by atoms with Crippen molar-refractivity contribution in [1.29, 1.82) is 0 Å². The molecule has 0 aromatic rings. The van der Waals surface area contributed by atoms with Crippen molar-refractivity contribution in [3.05, 3.63) is 48.1 Å². The van der Waals surface area contributed by atoms with Crippen LogP contribution in [0.3, 0.4) is 0 Å². The van der Waals surface area contributed by atoms with Gasteiger partial charge in [0.25, 0.3) is 0 Å². The molecule has 70 valence electrons. The van der Waals surface area contributed by atoms with Crippen LogP contribution in [0.15, 0.2) is 48.1 Å². The summed E-state index contributed by atoms with van der Waals surface area (Å²) in [5.41, 5.74) is 2.95. The lowest BCUT2D eigenvalue weighted by Gasteiger charge is -2.18. The first kappa shape index (κ1) is 10.0. The van der Waals surface area contributed by atoms with E-state index in [0.29, 0.717) is 5.92 Å². The van der Waals surface area contributed by atoms with E-state index in [1.54, 1.807) is 0 Å². The van der Waals surface area contributed by atoms with Crippen LogP contribution in [0.1, 0.15) is 26.7 Å². The van der Waals surface area contributed by atoms with Gasteiger partial charge in [-0.25, -0.2) is 0 Å². The fraction of sp³-hybridized carbons (Fsp3) is 0.385. The smallest absolute Gasteiger partial charge is 0.0153 e. The lowest BCUT2D eigenvalue weighted by atomic mass is 9.87. The van der Waals surface area contributed by atoms with Crippen LogP contribution >= 0.6 is 0 Å². The first-order chi connectivity index (χ1) is 6.29. The van der Waals surface area contributed by atoms with Gasteiger partial charge < -0.3 is 0 Å². The van der Waals surface area contributed by atoms with Crippen LogP contribution in [0.5, 0.6) is 0 Å². The minimum Gasteiger partial charge on any atom is -0.0991 e. The Hall–Kier alpha value is -1.04.